The smallest absolute Gasteiger partial charge is 0.417 e. The number of hydrogen-bond acceptors (Lipinski definition) is 6. The molecule has 4 rings (SSSR count). The van der Waals surface area contributed by atoms with Crippen LogP contribution in [-0.4, -0.2) is 56.4 Å². The van der Waals surface area contributed by atoms with E-state index in [1.54, 1.807) is 19.2 Å². The van der Waals surface area contributed by atoms with Gasteiger partial charge in [0.25, 0.3) is 0 Å². The van der Waals surface area contributed by atoms with Crippen molar-refractivity contribution in [2.75, 3.05) is 51.3 Å². The van der Waals surface area contributed by atoms with Crippen LogP contribution in [0.15, 0.2) is 59.1 Å². The molecule has 0 saturated carbocycles. The molecule has 2 aromatic carbocycles. The lowest BCUT2D eigenvalue weighted by molar-refractivity contribution is -0.137. The van der Waals surface area contributed by atoms with E-state index in [9.17, 15) is 13.2 Å². The van der Waals surface area contributed by atoms with Crippen molar-refractivity contribution in [3.63, 3.8) is 0 Å². The van der Waals surface area contributed by atoms with E-state index in [1.807, 2.05) is 12.1 Å². The minimum Gasteiger partial charge on any atom is -0.497 e. The number of alkyl halides is 3. The van der Waals surface area contributed by atoms with E-state index in [-0.39, 0.29) is 11.3 Å². The molecular formula is C25H29F3N4O2. The normalized spacial score (nSPS) is 15.0. The minimum atomic E-state index is -4.44. The summed E-state index contributed by atoms with van der Waals surface area (Å²) in [5.41, 5.74) is 0.722. The van der Waals surface area contributed by atoms with Crippen molar-refractivity contribution >= 4 is 5.69 Å². The third-order valence-electron chi connectivity index (χ3n) is 6.00. The molecule has 0 unspecified atom stereocenters. The topological polar surface area (TPSA) is 53.8 Å². The van der Waals surface area contributed by atoms with Crippen molar-refractivity contribution in [2.45, 2.75) is 19.1 Å². The SMILES string of the molecule is COc1ccc(N2CCN(CCCNCc3cc(-c4ccccc4C(F)(F)F)no3)CC2)cc1. The molecule has 1 N–H and O–H groups in total. The van der Waals surface area contributed by atoms with Gasteiger partial charge in [0.15, 0.2) is 5.76 Å². The maximum Gasteiger partial charge on any atom is 0.417 e. The number of rotatable bonds is 9. The second-order valence-electron chi connectivity index (χ2n) is 8.28. The maximum absolute atomic E-state index is 13.2. The van der Waals surface area contributed by atoms with Gasteiger partial charge in [0.2, 0.25) is 0 Å². The van der Waals surface area contributed by atoms with Crippen molar-refractivity contribution in [3.05, 3.63) is 65.9 Å². The zero-order chi connectivity index (χ0) is 24.0. The molecule has 1 aliphatic heterocycles. The fourth-order valence-electron chi connectivity index (χ4n) is 4.14. The summed E-state index contributed by atoms with van der Waals surface area (Å²) in [6, 6.07) is 15.1. The van der Waals surface area contributed by atoms with Crippen LogP contribution in [0.3, 0.4) is 0 Å². The number of methoxy groups -OCH3 is 1. The van der Waals surface area contributed by atoms with Gasteiger partial charge in [-0.1, -0.05) is 23.4 Å². The van der Waals surface area contributed by atoms with Crippen molar-refractivity contribution in [1.29, 1.82) is 0 Å². The van der Waals surface area contributed by atoms with Crippen LogP contribution in [0.5, 0.6) is 5.75 Å². The van der Waals surface area contributed by atoms with Gasteiger partial charge in [0.1, 0.15) is 11.4 Å². The number of nitrogens with one attached hydrogen (secondary N) is 1. The number of benzene rings is 2. The van der Waals surface area contributed by atoms with Crippen LogP contribution >= 0.6 is 0 Å². The Kier molecular flexibility index (Phi) is 7.74. The number of nitrogens with zero attached hydrogens (tertiary/aromatic N) is 3. The lowest BCUT2D eigenvalue weighted by Crippen LogP contribution is -2.46. The van der Waals surface area contributed by atoms with Gasteiger partial charge in [-0.2, -0.15) is 13.2 Å². The summed E-state index contributed by atoms with van der Waals surface area (Å²) in [7, 11) is 1.67. The Balaban J connectivity index is 1.17. The molecule has 0 bridgehead atoms. The van der Waals surface area contributed by atoms with Gasteiger partial charge in [-0.25, -0.2) is 0 Å². The highest BCUT2D eigenvalue weighted by Crippen LogP contribution is 2.36. The van der Waals surface area contributed by atoms with Crippen molar-refractivity contribution < 1.29 is 22.4 Å². The van der Waals surface area contributed by atoms with Crippen LogP contribution in [0, 0.1) is 0 Å². The largest absolute Gasteiger partial charge is 0.497 e. The molecule has 9 heteroatoms. The van der Waals surface area contributed by atoms with Crippen LogP contribution in [-0.2, 0) is 12.7 Å². The molecule has 1 saturated heterocycles. The fourth-order valence-corrected chi connectivity index (χ4v) is 4.14. The van der Waals surface area contributed by atoms with Crippen LogP contribution in [0.25, 0.3) is 11.3 Å². The molecule has 34 heavy (non-hydrogen) atoms. The van der Waals surface area contributed by atoms with E-state index < -0.39 is 11.7 Å². The fraction of sp³-hybridized carbons (Fsp3) is 0.400. The van der Waals surface area contributed by atoms with Gasteiger partial charge < -0.3 is 19.5 Å². The van der Waals surface area contributed by atoms with E-state index in [2.05, 4.69) is 32.4 Å². The minimum absolute atomic E-state index is 0.0267. The summed E-state index contributed by atoms with van der Waals surface area (Å²) in [5, 5.41) is 7.13. The van der Waals surface area contributed by atoms with Crippen molar-refractivity contribution in [3.8, 4) is 17.0 Å². The molecule has 0 aliphatic carbocycles. The molecule has 0 atom stereocenters. The summed E-state index contributed by atoms with van der Waals surface area (Å²) in [6.07, 6.45) is -3.46. The van der Waals surface area contributed by atoms with Gasteiger partial charge in [0.05, 0.1) is 19.2 Å². The first kappa shape index (κ1) is 24.1. The third kappa shape index (κ3) is 6.09. The van der Waals surface area contributed by atoms with Gasteiger partial charge in [-0.05, 0) is 49.8 Å². The second-order valence-corrected chi connectivity index (χ2v) is 8.28. The summed E-state index contributed by atoms with van der Waals surface area (Å²) >= 11 is 0. The number of piperazine rings is 1. The average Bonchev–Trinajstić information content (AvgIpc) is 3.33. The zero-order valence-corrected chi connectivity index (χ0v) is 19.1. The monoisotopic (exact) mass is 474 g/mol. The number of halogens is 3. The molecule has 182 valence electrons. The highest BCUT2D eigenvalue weighted by atomic mass is 19.4. The number of anilines is 1. The Bertz CT molecular complexity index is 1040. The highest BCUT2D eigenvalue weighted by Gasteiger charge is 2.34. The standard InChI is InChI=1S/C25H29F3N4O2/c1-33-20-9-7-19(8-10-20)32-15-13-31(14-16-32)12-4-11-29-18-21-17-24(30-34-21)22-5-2-3-6-23(22)25(26,27)28/h2-3,5-10,17,29H,4,11-16,18H2,1H3. The Morgan fingerprint density at radius 3 is 2.47 bits per heavy atom. The van der Waals surface area contributed by atoms with Crippen LogP contribution in [0.2, 0.25) is 0 Å². The van der Waals surface area contributed by atoms with E-state index in [4.69, 9.17) is 9.26 Å². The average molecular weight is 475 g/mol. The number of hydrogen-bond donors (Lipinski definition) is 1. The first-order valence-corrected chi connectivity index (χ1v) is 11.4. The quantitative estimate of drug-likeness (QED) is 0.455. The maximum atomic E-state index is 13.2. The summed E-state index contributed by atoms with van der Waals surface area (Å²) in [6.45, 7) is 6.19. The molecule has 3 aromatic rings. The van der Waals surface area contributed by atoms with E-state index in [0.717, 1.165) is 57.5 Å². The van der Waals surface area contributed by atoms with Crippen LogP contribution in [0.1, 0.15) is 17.7 Å². The highest BCUT2D eigenvalue weighted by molar-refractivity contribution is 5.64. The molecule has 0 amide bonds. The second kappa shape index (κ2) is 10.9. The molecule has 6 nitrogen and oxygen atoms in total. The molecular weight excluding hydrogens is 445 g/mol. The van der Waals surface area contributed by atoms with Crippen molar-refractivity contribution in [1.82, 2.24) is 15.4 Å². The Labute approximate surface area is 197 Å². The third-order valence-corrected chi connectivity index (χ3v) is 6.00. The summed E-state index contributed by atoms with van der Waals surface area (Å²) < 4.78 is 50.2. The van der Waals surface area contributed by atoms with Gasteiger partial charge in [-0.3, -0.25) is 4.90 Å². The van der Waals surface area contributed by atoms with Crippen molar-refractivity contribution in [2.24, 2.45) is 0 Å². The van der Waals surface area contributed by atoms with E-state index in [1.165, 1.54) is 17.8 Å². The van der Waals surface area contributed by atoms with E-state index >= 15 is 0 Å². The van der Waals surface area contributed by atoms with Gasteiger partial charge >= 0.3 is 6.18 Å². The zero-order valence-electron chi connectivity index (χ0n) is 19.1. The lowest BCUT2D eigenvalue weighted by atomic mass is 10.0. The molecule has 1 fully saturated rings. The molecule has 1 aromatic heterocycles. The predicted molar refractivity (Wildman–Crippen MR) is 125 cm³/mol. The number of ether oxygens (including phenoxy) is 1. The first-order chi connectivity index (χ1) is 16.4. The summed E-state index contributed by atoms with van der Waals surface area (Å²) in [4.78, 5) is 4.83. The van der Waals surface area contributed by atoms with Gasteiger partial charge in [-0.15, -0.1) is 0 Å². The van der Waals surface area contributed by atoms with Crippen LogP contribution in [0.4, 0.5) is 18.9 Å². The van der Waals surface area contributed by atoms with E-state index in [0.29, 0.717) is 12.3 Å². The molecule has 0 radical (unpaired) electrons. The molecule has 0 spiro atoms. The lowest BCUT2D eigenvalue weighted by Gasteiger charge is -2.36. The Hall–Kier alpha value is -3.04. The van der Waals surface area contributed by atoms with Crippen LogP contribution < -0.4 is 15.0 Å². The Morgan fingerprint density at radius 1 is 1.03 bits per heavy atom. The first-order valence-electron chi connectivity index (χ1n) is 11.4. The molecule has 1 aliphatic rings. The summed E-state index contributed by atoms with van der Waals surface area (Å²) in [5.74, 6) is 1.38. The Morgan fingerprint density at radius 2 is 1.76 bits per heavy atom. The van der Waals surface area contributed by atoms with Gasteiger partial charge in [0, 0.05) is 43.5 Å². The predicted octanol–water partition coefficient (Wildman–Crippen LogP) is 4.67. The number of aromatic nitrogens is 1. The molecule has 2 heterocycles.